The highest BCUT2D eigenvalue weighted by Crippen LogP contribution is 2.14. The first-order chi connectivity index (χ1) is 10.2. The zero-order valence-corrected chi connectivity index (χ0v) is 14.1. The average Bonchev–Trinajstić information content (AvgIpc) is 2.49. The Morgan fingerprint density at radius 3 is 1.38 bits per heavy atom. The van der Waals surface area contributed by atoms with Gasteiger partial charge in [0.25, 0.3) is 0 Å². The summed E-state index contributed by atoms with van der Waals surface area (Å²) in [5.74, 6) is 0. The maximum atomic E-state index is 9.87. The van der Waals surface area contributed by atoms with Crippen LogP contribution in [0.1, 0.15) is 96.8 Å². The summed E-state index contributed by atoms with van der Waals surface area (Å²) in [5.41, 5.74) is 0. The predicted octanol–water partition coefficient (Wildman–Crippen LogP) is 4.18. The summed E-state index contributed by atoms with van der Waals surface area (Å²) >= 11 is 0. The molecule has 0 fully saturated rings. The number of hydrogen-bond donors (Lipinski definition) is 3. The molecule has 1 unspecified atom stereocenters. The molecule has 0 aliphatic carbocycles. The molecule has 2 atom stereocenters. The van der Waals surface area contributed by atoms with Crippen LogP contribution in [0, 0.1) is 0 Å². The molecular formula is C18H38O3. The van der Waals surface area contributed by atoms with Gasteiger partial charge >= 0.3 is 0 Å². The first-order valence-electron chi connectivity index (χ1n) is 9.19. The van der Waals surface area contributed by atoms with Gasteiger partial charge < -0.3 is 15.3 Å². The molecule has 3 nitrogen and oxygen atoms in total. The van der Waals surface area contributed by atoms with Gasteiger partial charge in [-0.15, -0.1) is 0 Å². The second kappa shape index (κ2) is 16.3. The summed E-state index contributed by atoms with van der Waals surface area (Å²) in [6, 6.07) is 0. The number of aliphatic hydroxyl groups excluding tert-OH is 3. The fraction of sp³-hybridized carbons (Fsp3) is 1.00. The largest absolute Gasteiger partial charge is 0.396 e. The van der Waals surface area contributed by atoms with Crippen LogP contribution in [0.4, 0.5) is 0 Å². The molecule has 3 N–H and O–H groups in total. The minimum Gasteiger partial charge on any atom is -0.396 e. The SMILES string of the molecule is CCCCC[C@H](O)C(O)CCCCCCCCCCCO. The Morgan fingerprint density at radius 1 is 0.571 bits per heavy atom. The quantitative estimate of drug-likeness (QED) is 0.375. The van der Waals surface area contributed by atoms with E-state index in [1.165, 1.54) is 32.1 Å². The van der Waals surface area contributed by atoms with Gasteiger partial charge in [-0.25, -0.2) is 0 Å². The Bertz CT molecular complexity index is 197. The molecule has 0 aliphatic rings. The van der Waals surface area contributed by atoms with E-state index in [0.29, 0.717) is 6.61 Å². The molecule has 0 amide bonds. The molecule has 128 valence electrons. The number of aliphatic hydroxyl groups is 3. The van der Waals surface area contributed by atoms with Crippen LogP contribution in [0.2, 0.25) is 0 Å². The van der Waals surface area contributed by atoms with Crippen LogP contribution in [-0.2, 0) is 0 Å². The van der Waals surface area contributed by atoms with Crippen molar-refractivity contribution in [1.29, 1.82) is 0 Å². The molecule has 21 heavy (non-hydrogen) atoms. The minimum atomic E-state index is -0.527. The lowest BCUT2D eigenvalue weighted by Crippen LogP contribution is -2.25. The van der Waals surface area contributed by atoms with Gasteiger partial charge in [-0.1, -0.05) is 77.6 Å². The monoisotopic (exact) mass is 302 g/mol. The Balaban J connectivity index is 3.25. The zero-order chi connectivity index (χ0) is 15.8. The lowest BCUT2D eigenvalue weighted by Gasteiger charge is -2.17. The molecule has 0 saturated heterocycles. The van der Waals surface area contributed by atoms with Crippen molar-refractivity contribution in [2.24, 2.45) is 0 Å². The van der Waals surface area contributed by atoms with Gasteiger partial charge in [0, 0.05) is 6.61 Å². The van der Waals surface area contributed by atoms with Crippen LogP contribution in [0.25, 0.3) is 0 Å². The molecule has 0 bridgehead atoms. The van der Waals surface area contributed by atoms with Crippen molar-refractivity contribution >= 4 is 0 Å². The highest BCUT2D eigenvalue weighted by molar-refractivity contribution is 4.67. The van der Waals surface area contributed by atoms with Crippen molar-refractivity contribution in [2.75, 3.05) is 6.61 Å². The highest BCUT2D eigenvalue weighted by Gasteiger charge is 2.14. The van der Waals surface area contributed by atoms with Gasteiger partial charge in [0.05, 0.1) is 12.2 Å². The molecule has 0 aromatic rings. The summed E-state index contributed by atoms with van der Waals surface area (Å²) < 4.78 is 0. The molecule has 0 spiro atoms. The van der Waals surface area contributed by atoms with Crippen LogP contribution >= 0.6 is 0 Å². The van der Waals surface area contributed by atoms with E-state index >= 15 is 0 Å². The van der Waals surface area contributed by atoms with Crippen LogP contribution in [-0.4, -0.2) is 34.1 Å². The highest BCUT2D eigenvalue weighted by atomic mass is 16.3. The van der Waals surface area contributed by atoms with E-state index in [4.69, 9.17) is 5.11 Å². The number of unbranched alkanes of at least 4 members (excludes halogenated alkanes) is 10. The lowest BCUT2D eigenvalue weighted by molar-refractivity contribution is 0.00718. The van der Waals surface area contributed by atoms with Crippen LogP contribution < -0.4 is 0 Å². The maximum absolute atomic E-state index is 9.87. The summed E-state index contributed by atoms with van der Waals surface area (Å²) in [4.78, 5) is 0. The van der Waals surface area contributed by atoms with E-state index in [-0.39, 0.29) is 0 Å². The molecule has 0 rings (SSSR count). The third kappa shape index (κ3) is 14.6. The van der Waals surface area contributed by atoms with Crippen molar-refractivity contribution in [1.82, 2.24) is 0 Å². The van der Waals surface area contributed by atoms with Crippen molar-refractivity contribution in [2.45, 2.75) is 109 Å². The smallest absolute Gasteiger partial charge is 0.0799 e. The molecule has 3 heteroatoms. The second-order valence-electron chi connectivity index (χ2n) is 6.32. The van der Waals surface area contributed by atoms with E-state index in [1.807, 2.05) is 0 Å². The van der Waals surface area contributed by atoms with Gasteiger partial charge in [0.1, 0.15) is 0 Å². The first-order valence-corrected chi connectivity index (χ1v) is 9.19. The average molecular weight is 302 g/mol. The normalized spacial score (nSPS) is 14.3. The maximum Gasteiger partial charge on any atom is 0.0799 e. The van der Waals surface area contributed by atoms with Crippen LogP contribution in [0.5, 0.6) is 0 Å². The van der Waals surface area contributed by atoms with Crippen molar-refractivity contribution in [3.05, 3.63) is 0 Å². The van der Waals surface area contributed by atoms with E-state index < -0.39 is 12.2 Å². The first kappa shape index (κ1) is 20.9. The lowest BCUT2D eigenvalue weighted by atomic mass is 10.00. The topological polar surface area (TPSA) is 60.7 Å². The fourth-order valence-corrected chi connectivity index (χ4v) is 2.69. The van der Waals surface area contributed by atoms with E-state index in [0.717, 1.165) is 57.8 Å². The zero-order valence-electron chi connectivity index (χ0n) is 14.1. The van der Waals surface area contributed by atoms with Crippen molar-refractivity contribution in [3.8, 4) is 0 Å². The molecule has 0 aromatic heterocycles. The third-order valence-corrected chi connectivity index (χ3v) is 4.21. The van der Waals surface area contributed by atoms with Crippen molar-refractivity contribution in [3.63, 3.8) is 0 Å². The van der Waals surface area contributed by atoms with Crippen molar-refractivity contribution < 1.29 is 15.3 Å². The summed E-state index contributed by atoms with van der Waals surface area (Å²) in [5, 5.41) is 28.4. The van der Waals surface area contributed by atoms with Gasteiger partial charge in [0.2, 0.25) is 0 Å². The second-order valence-corrected chi connectivity index (χ2v) is 6.32. The minimum absolute atomic E-state index is 0.326. The van der Waals surface area contributed by atoms with Crippen LogP contribution in [0.15, 0.2) is 0 Å². The molecular weight excluding hydrogens is 264 g/mol. The van der Waals surface area contributed by atoms with Gasteiger partial charge in [-0.2, -0.15) is 0 Å². The van der Waals surface area contributed by atoms with Gasteiger partial charge in [0.15, 0.2) is 0 Å². The Kier molecular flexibility index (Phi) is 16.2. The predicted molar refractivity (Wildman–Crippen MR) is 89.4 cm³/mol. The Morgan fingerprint density at radius 2 is 0.952 bits per heavy atom. The standard InChI is InChI=1S/C18H38O3/c1-2-3-11-14-17(20)18(21)15-12-9-7-5-4-6-8-10-13-16-19/h17-21H,2-16H2,1H3/t17-,18?/m0/s1. The summed E-state index contributed by atoms with van der Waals surface area (Å²) in [6.07, 6.45) is 14.3. The Hall–Kier alpha value is -0.120. The molecule has 0 saturated carbocycles. The van der Waals surface area contributed by atoms with E-state index in [9.17, 15) is 10.2 Å². The third-order valence-electron chi connectivity index (χ3n) is 4.21. The van der Waals surface area contributed by atoms with E-state index in [2.05, 4.69) is 6.92 Å². The molecule has 0 radical (unpaired) electrons. The number of rotatable bonds is 16. The molecule has 0 aromatic carbocycles. The Labute approximate surface area is 131 Å². The molecule has 0 heterocycles. The van der Waals surface area contributed by atoms with Crippen LogP contribution in [0.3, 0.4) is 0 Å². The van der Waals surface area contributed by atoms with E-state index in [1.54, 1.807) is 0 Å². The van der Waals surface area contributed by atoms with Gasteiger partial charge in [-0.05, 0) is 19.3 Å². The number of hydrogen-bond acceptors (Lipinski definition) is 3. The fourth-order valence-electron chi connectivity index (χ4n) is 2.69. The summed E-state index contributed by atoms with van der Waals surface area (Å²) in [6.45, 7) is 2.47. The van der Waals surface area contributed by atoms with Gasteiger partial charge in [-0.3, -0.25) is 0 Å². The molecule has 0 aliphatic heterocycles. The summed E-state index contributed by atoms with van der Waals surface area (Å²) in [7, 11) is 0.